The van der Waals surface area contributed by atoms with E-state index in [1.165, 1.54) is 0 Å². The molecule has 0 aromatic rings. The SMILES string of the molecule is CNC(=O)N1C[C@H]2CC(NCC(=O)N3CCCC3C#N)C[C@H]2C1. The zero-order chi connectivity index (χ0) is 16.4. The molecule has 3 rings (SSSR count). The van der Waals surface area contributed by atoms with E-state index < -0.39 is 0 Å². The van der Waals surface area contributed by atoms with Gasteiger partial charge in [0, 0.05) is 32.7 Å². The Morgan fingerprint density at radius 3 is 2.57 bits per heavy atom. The second-order valence-electron chi connectivity index (χ2n) is 6.90. The smallest absolute Gasteiger partial charge is 0.317 e. The molecule has 1 saturated carbocycles. The number of urea groups is 1. The molecule has 3 amide bonds. The lowest BCUT2D eigenvalue weighted by atomic mass is 10.0. The number of fused-ring (bicyclic) bond motifs is 1. The molecule has 2 N–H and O–H groups in total. The van der Waals surface area contributed by atoms with Crippen LogP contribution in [-0.2, 0) is 4.79 Å². The van der Waals surface area contributed by atoms with Crippen LogP contribution in [0.1, 0.15) is 25.7 Å². The van der Waals surface area contributed by atoms with Gasteiger partial charge < -0.3 is 20.4 Å². The van der Waals surface area contributed by atoms with Crippen LogP contribution in [0.3, 0.4) is 0 Å². The predicted octanol–water partition coefficient (Wildman–Crippen LogP) is 0.140. The van der Waals surface area contributed by atoms with Gasteiger partial charge in [0.25, 0.3) is 0 Å². The first-order chi connectivity index (χ1) is 11.1. The van der Waals surface area contributed by atoms with Gasteiger partial charge in [-0.25, -0.2) is 4.79 Å². The molecule has 0 bridgehead atoms. The molecule has 0 aromatic carbocycles. The molecule has 7 nitrogen and oxygen atoms in total. The van der Waals surface area contributed by atoms with Gasteiger partial charge in [-0.1, -0.05) is 0 Å². The van der Waals surface area contributed by atoms with E-state index in [2.05, 4.69) is 16.7 Å². The molecule has 0 aromatic heterocycles. The average Bonchev–Trinajstić information content (AvgIpc) is 3.24. The van der Waals surface area contributed by atoms with Crippen LogP contribution in [0.2, 0.25) is 0 Å². The number of hydrogen-bond acceptors (Lipinski definition) is 4. The summed E-state index contributed by atoms with van der Waals surface area (Å²) in [4.78, 5) is 27.5. The molecular weight excluding hydrogens is 294 g/mol. The summed E-state index contributed by atoms with van der Waals surface area (Å²) in [5.41, 5.74) is 0. The van der Waals surface area contributed by atoms with Crippen molar-refractivity contribution in [2.75, 3.05) is 33.2 Å². The van der Waals surface area contributed by atoms with Gasteiger partial charge in [-0.15, -0.1) is 0 Å². The van der Waals surface area contributed by atoms with Crippen LogP contribution in [0.15, 0.2) is 0 Å². The van der Waals surface area contributed by atoms with Gasteiger partial charge in [0.2, 0.25) is 5.91 Å². The fraction of sp³-hybridized carbons (Fsp3) is 0.812. The first-order valence-electron chi connectivity index (χ1n) is 8.51. The molecule has 2 saturated heterocycles. The van der Waals surface area contributed by atoms with E-state index in [0.29, 0.717) is 31.0 Å². The molecule has 1 aliphatic carbocycles. The minimum Gasteiger partial charge on any atom is -0.341 e. The fourth-order valence-corrected chi connectivity index (χ4v) is 4.32. The normalized spacial score (nSPS) is 32.7. The Kier molecular flexibility index (Phi) is 4.71. The summed E-state index contributed by atoms with van der Waals surface area (Å²) in [5, 5.41) is 15.1. The maximum atomic E-state index is 12.2. The summed E-state index contributed by atoms with van der Waals surface area (Å²) in [6.45, 7) is 2.66. The van der Waals surface area contributed by atoms with Crippen LogP contribution in [0.25, 0.3) is 0 Å². The Morgan fingerprint density at radius 2 is 1.96 bits per heavy atom. The van der Waals surface area contributed by atoms with Gasteiger partial charge in [-0.05, 0) is 37.5 Å². The quantitative estimate of drug-likeness (QED) is 0.774. The zero-order valence-electron chi connectivity index (χ0n) is 13.6. The van der Waals surface area contributed by atoms with Gasteiger partial charge in [-0.2, -0.15) is 5.26 Å². The van der Waals surface area contributed by atoms with Crippen molar-refractivity contribution in [3.63, 3.8) is 0 Å². The summed E-state index contributed by atoms with van der Waals surface area (Å²) < 4.78 is 0. The number of nitrogens with one attached hydrogen (secondary N) is 2. The van der Waals surface area contributed by atoms with Crippen LogP contribution in [0, 0.1) is 23.2 Å². The monoisotopic (exact) mass is 319 g/mol. The van der Waals surface area contributed by atoms with E-state index in [-0.39, 0.29) is 18.0 Å². The van der Waals surface area contributed by atoms with Crippen molar-refractivity contribution in [2.24, 2.45) is 11.8 Å². The summed E-state index contributed by atoms with van der Waals surface area (Å²) in [6, 6.07) is 2.33. The summed E-state index contributed by atoms with van der Waals surface area (Å²) >= 11 is 0. The maximum Gasteiger partial charge on any atom is 0.317 e. The van der Waals surface area contributed by atoms with Crippen molar-refractivity contribution in [1.82, 2.24) is 20.4 Å². The number of carbonyl (C=O) groups is 2. The van der Waals surface area contributed by atoms with E-state index in [4.69, 9.17) is 5.26 Å². The zero-order valence-corrected chi connectivity index (χ0v) is 13.6. The number of nitrogens with zero attached hydrogens (tertiary/aromatic N) is 3. The van der Waals surface area contributed by atoms with Crippen molar-refractivity contribution >= 4 is 11.9 Å². The van der Waals surface area contributed by atoms with Crippen LogP contribution < -0.4 is 10.6 Å². The lowest BCUT2D eigenvalue weighted by Crippen LogP contribution is -2.43. The Labute approximate surface area is 137 Å². The molecule has 2 heterocycles. The fourth-order valence-electron chi connectivity index (χ4n) is 4.32. The first-order valence-corrected chi connectivity index (χ1v) is 8.51. The molecule has 0 radical (unpaired) electrons. The molecule has 7 heteroatoms. The minimum atomic E-state index is -0.242. The van der Waals surface area contributed by atoms with Crippen molar-refractivity contribution in [3.05, 3.63) is 0 Å². The molecule has 3 fully saturated rings. The lowest BCUT2D eigenvalue weighted by molar-refractivity contribution is -0.130. The number of amides is 3. The van der Waals surface area contributed by atoms with Crippen LogP contribution in [0.4, 0.5) is 4.79 Å². The maximum absolute atomic E-state index is 12.2. The number of rotatable bonds is 3. The Morgan fingerprint density at radius 1 is 1.26 bits per heavy atom. The van der Waals surface area contributed by atoms with E-state index in [1.807, 2.05) is 4.90 Å². The number of carbonyl (C=O) groups excluding carboxylic acids is 2. The molecule has 3 aliphatic rings. The molecule has 23 heavy (non-hydrogen) atoms. The van der Waals surface area contributed by atoms with Crippen LogP contribution >= 0.6 is 0 Å². The van der Waals surface area contributed by atoms with E-state index in [0.717, 1.165) is 38.8 Å². The predicted molar refractivity (Wildman–Crippen MR) is 84.4 cm³/mol. The Hall–Kier alpha value is -1.81. The van der Waals surface area contributed by atoms with Gasteiger partial charge in [0.05, 0.1) is 12.6 Å². The molecule has 0 spiro atoms. The molecule has 126 valence electrons. The second kappa shape index (κ2) is 6.75. The summed E-state index contributed by atoms with van der Waals surface area (Å²) in [6.07, 6.45) is 3.76. The van der Waals surface area contributed by atoms with E-state index in [1.54, 1.807) is 11.9 Å². The van der Waals surface area contributed by atoms with Gasteiger partial charge in [-0.3, -0.25) is 4.79 Å². The molecular formula is C16H25N5O2. The van der Waals surface area contributed by atoms with E-state index in [9.17, 15) is 9.59 Å². The molecule has 2 unspecified atom stereocenters. The Balaban J connectivity index is 1.43. The standard InChI is InChI=1S/C16H25N5O2/c1-18-16(23)20-9-11-5-13(6-12(11)10-20)19-8-15(22)21-4-2-3-14(21)7-17/h11-14,19H,2-6,8-10H2,1H3,(H,18,23)/t11-,12+,13?,14?. The molecule has 2 aliphatic heterocycles. The summed E-state index contributed by atoms with van der Waals surface area (Å²) in [5.74, 6) is 1.12. The highest BCUT2D eigenvalue weighted by atomic mass is 16.2. The van der Waals surface area contributed by atoms with Crippen molar-refractivity contribution in [3.8, 4) is 6.07 Å². The van der Waals surface area contributed by atoms with E-state index >= 15 is 0 Å². The number of hydrogen-bond donors (Lipinski definition) is 2. The third-order valence-corrected chi connectivity index (χ3v) is 5.52. The first kappa shape index (κ1) is 16.1. The molecule has 4 atom stereocenters. The minimum absolute atomic E-state index is 0.00988. The average molecular weight is 319 g/mol. The summed E-state index contributed by atoms with van der Waals surface area (Å²) in [7, 11) is 1.67. The second-order valence-corrected chi connectivity index (χ2v) is 6.90. The number of likely N-dealkylation sites (tertiary alicyclic amines) is 2. The topological polar surface area (TPSA) is 88.5 Å². The highest BCUT2D eigenvalue weighted by Gasteiger charge is 2.42. The number of nitriles is 1. The largest absolute Gasteiger partial charge is 0.341 e. The highest BCUT2D eigenvalue weighted by molar-refractivity contribution is 5.79. The van der Waals surface area contributed by atoms with Gasteiger partial charge in [0.15, 0.2) is 0 Å². The highest BCUT2D eigenvalue weighted by Crippen LogP contribution is 2.38. The third-order valence-electron chi connectivity index (χ3n) is 5.52. The van der Waals surface area contributed by atoms with Gasteiger partial charge in [0.1, 0.15) is 6.04 Å². The van der Waals surface area contributed by atoms with Crippen molar-refractivity contribution in [2.45, 2.75) is 37.8 Å². The van der Waals surface area contributed by atoms with Gasteiger partial charge >= 0.3 is 6.03 Å². The van der Waals surface area contributed by atoms with Crippen molar-refractivity contribution < 1.29 is 9.59 Å². The van der Waals surface area contributed by atoms with Crippen LogP contribution in [0.5, 0.6) is 0 Å². The lowest BCUT2D eigenvalue weighted by Gasteiger charge is -2.22. The van der Waals surface area contributed by atoms with Crippen molar-refractivity contribution in [1.29, 1.82) is 5.26 Å². The third kappa shape index (κ3) is 3.27. The van der Waals surface area contributed by atoms with Crippen LogP contribution in [-0.4, -0.2) is 67.0 Å². The Bertz CT molecular complexity index is 503.